The van der Waals surface area contributed by atoms with Gasteiger partial charge in [0, 0.05) is 24.0 Å². The SMILES string of the molecule is COc1cccc(CNCC(Cl)C(C)C)c1F. The van der Waals surface area contributed by atoms with E-state index in [-0.39, 0.29) is 16.9 Å². The zero-order valence-electron chi connectivity index (χ0n) is 10.5. The Morgan fingerprint density at radius 3 is 2.71 bits per heavy atom. The van der Waals surface area contributed by atoms with Crippen LogP contribution < -0.4 is 10.1 Å². The van der Waals surface area contributed by atoms with Crippen LogP contribution in [0.5, 0.6) is 5.75 Å². The fourth-order valence-electron chi connectivity index (χ4n) is 1.43. The van der Waals surface area contributed by atoms with E-state index >= 15 is 0 Å². The number of halogens is 2. The molecule has 0 saturated carbocycles. The summed E-state index contributed by atoms with van der Waals surface area (Å²) in [5, 5.41) is 3.21. The predicted molar refractivity (Wildman–Crippen MR) is 69.1 cm³/mol. The molecular formula is C13H19ClFNO. The molecule has 0 spiro atoms. The Morgan fingerprint density at radius 1 is 1.41 bits per heavy atom. The van der Waals surface area contributed by atoms with Crippen molar-refractivity contribution in [3.05, 3.63) is 29.6 Å². The van der Waals surface area contributed by atoms with Gasteiger partial charge in [-0.1, -0.05) is 26.0 Å². The normalized spacial score (nSPS) is 12.8. The maximum absolute atomic E-state index is 13.8. The number of ether oxygens (including phenoxy) is 1. The molecule has 1 atom stereocenters. The Balaban J connectivity index is 2.52. The molecule has 1 aromatic carbocycles. The third kappa shape index (κ3) is 4.17. The van der Waals surface area contributed by atoms with Crippen LogP contribution in [-0.2, 0) is 6.54 Å². The van der Waals surface area contributed by atoms with Crippen molar-refractivity contribution in [2.45, 2.75) is 25.8 Å². The topological polar surface area (TPSA) is 21.3 Å². The summed E-state index contributed by atoms with van der Waals surface area (Å²) in [5.41, 5.74) is 0.594. The fraction of sp³-hybridized carbons (Fsp3) is 0.538. The molecule has 0 radical (unpaired) electrons. The first-order valence-corrected chi connectivity index (χ1v) is 6.16. The summed E-state index contributed by atoms with van der Waals surface area (Å²) in [4.78, 5) is 0. The van der Waals surface area contributed by atoms with Crippen LogP contribution in [0, 0.1) is 11.7 Å². The van der Waals surface area contributed by atoms with Gasteiger partial charge in [0.05, 0.1) is 7.11 Å². The molecular weight excluding hydrogens is 241 g/mol. The molecule has 1 unspecified atom stereocenters. The van der Waals surface area contributed by atoms with E-state index in [0.29, 0.717) is 24.6 Å². The molecule has 4 heteroatoms. The van der Waals surface area contributed by atoms with Gasteiger partial charge in [0.1, 0.15) is 0 Å². The average Bonchev–Trinajstić information content (AvgIpc) is 2.31. The van der Waals surface area contributed by atoms with Gasteiger partial charge in [0.25, 0.3) is 0 Å². The molecule has 1 aromatic rings. The Morgan fingerprint density at radius 2 is 2.12 bits per heavy atom. The molecule has 0 heterocycles. The highest BCUT2D eigenvalue weighted by Gasteiger charge is 2.11. The Labute approximate surface area is 107 Å². The highest BCUT2D eigenvalue weighted by molar-refractivity contribution is 6.20. The largest absolute Gasteiger partial charge is 0.494 e. The molecule has 17 heavy (non-hydrogen) atoms. The van der Waals surface area contributed by atoms with Crippen molar-refractivity contribution in [2.75, 3.05) is 13.7 Å². The summed E-state index contributed by atoms with van der Waals surface area (Å²) in [6.45, 7) is 5.24. The molecule has 0 saturated heterocycles. The molecule has 2 nitrogen and oxygen atoms in total. The van der Waals surface area contributed by atoms with Crippen molar-refractivity contribution < 1.29 is 9.13 Å². The third-order valence-electron chi connectivity index (χ3n) is 2.64. The zero-order chi connectivity index (χ0) is 12.8. The quantitative estimate of drug-likeness (QED) is 0.793. The Kier molecular flexibility index (Phi) is 5.72. The van der Waals surface area contributed by atoms with E-state index in [9.17, 15) is 4.39 Å². The lowest BCUT2D eigenvalue weighted by atomic mass is 10.1. The van der Waals surface area contributed by atoms with E-state index in [1.165, 1.54) is 7.11 Å². The first kappa shape index (κ1) is 14.3. The van der Waals surface area contributed by atoms with Gasteiger partial charge in [-0.3, -0.25) is 0 Å². The standard InChI is InChI=1S/C13H19ClFNO/c1-9(2)11(14)8-16-7-10-5-4-6-12(17-3)13(10)15/h4-6,9,11,16H,7-8H2,1-3H3. The van der Waals surface area contributed by atoms with Crippen LogP contribution in [-0.4, -0.2) is 19.0 Å². The van der Waals surface area contributed by atoms with E-state index < -0.39 is 0 Å². The lowest BCUT2D eigenvalue weighted by Crippen LogP contribution is -2.26. The van der Waals surface area contributed by atoms with Gasteiger partial charge in [-0.05, 0) is 12.0 Å². The lowest BCUT2D eigenvalue weighted by molar-refractivity contribution is 0.383. The van der Waals surface area contributed by atoms with E-state index in [0.717, 1.165) is 0 Å². The van der Waals surface area contributed by atoms with Crippen molar-refractivity contribution in [1.82, 2.24) is 5.32 Å². The van der Waals surface area contributed by atoms with Crippen LogP contribution in [0.25, 0.3) is 0 Å². The van der Waals surface area contributed by atoms with Gasteiger partial charge in [0.2, 0.25) is 0 Å². The summed E-state index contributed by atoms with van der Waals surface area (Å²) < 4.78 is 18.7. The summed E-state index contributed by atoms with van der Waals surface area (Å²) >= 11 is 6.10. The second-order valence-corrected chi connectivity index (χ2v) is 4.88. The molecule has 0 aliphatic carbocycles. The number of nitrogens with one attached hydrogen (secondary N) is 1. The molecule has 0 amide bonds. The molecule has 1 rings (SSSR count). The Hall–Kier alpha value is -0.800. The van der Waals surface area contributed by atoms with E-state index in [4.69, 9.17) is 16.3 Å². The molecule has 1 N–H and O–H groups in total. The number of alkyl halides is 1. The highest BCUT2D eigenvalue weighted by Crippen LogP contribution is 2.19. The minimum Gasteiger partial charge on any atom is -0.494 e. The number of rotatable bonds is 6. The molecule has 96 valence electrons. The summed E-state index contributed by atoms with van der Waals surface area (Å²) in [7, 11) is 1.46. The minimum atomic E-state index is -0.307. The maximum atomic E-state index is 13.8. The minimum absolute atomic E-state index is 0.0590. The van der Waals surface area contributed by atoms with Crippen LogP contribution in [0.15, 0.2) is 18.2 Å². The third-order valence-corrected chi connectivity index (χ3v) is 3.30. The lowest BCUT2D eigenvalue weighted by Gasteiger charge is -2.14. The van der Waals surface area contributed by atoms with Gasteiger partial charge in [-0.2, -0.15) is 0 Å². The van der Waals surface area contributed by atoms with E-state index in [1.807, 2.05) is 0 Å². The van der Waals surface area contributed by atoms with Crippen molar-refractivity contribution in [1.29, 1.82) is 0 Å². The Bertz CT molecular complexity index is 357. The van der Waals surface area contributed by atoms with Crippen LogP contribution in [0.1, 0.15) is 19.4 Å². The summed E-state index contributed by atoms with van der Waals surface area (Å²) in [6.07, 6.45) is 0. The fourth-order valence-corrected chi connectivity index (χ4v) is 1.54. The van der Waals surface area contributed by atoms with Crippen LogP contribution in [0.4, 0.5) is 4.39 Å². The highest BCUT2D eigenvalue weighted by atomic mass is 35.5. The number of hydrogen-bond donors (Lipinski definition) is 1. The second-order valence-electron chi connectivity index (χ2n) is 4.32. The summed E-state index contributed by atoms with van der Waals surface area (Å²) in [5.74, 6) is 0.369. The first-order valence-electron chi connectivity index (χ1n) is 5.72. The zero-order valence-corrected chi connectivity index (χ0v) is 11.2. The van der Waals surface area contributed by atoms with E-state index in [1.54, 1.807) is 18.2 Å². The average molecular weight is 260 g/mol. The molecule has 0 fully saturated rings. The number of benzene rings is 1. The van der Waals surface area contributed by atoms with Crippen molar-refractivity contribution in [3.63, 3.8) is 0 Å². The monoisotopic (exact) mass is 259 g/mol. The van der Waals surface area contributed by atoms with Crippen LogP contribution >= 0.6 is 11.6 Å². The van der Waals surface area contributed by atoms with Crippen molar-refractivity contribution in [3.8, 4) is 5.75 Å². The van der Waals surface area contributed by atoms with Crippen molar-refractivity contribution >= 4 is 11.6 Å². The second kappa shape index (κ2) is 6.82. The summed E-state index contributed by atoms with van der Waals surface area (Å²) in [6, 6.07) is 5.13. The molecule has 0 aliphatic heterocycles. The molecule has 0 bridgehead atoms. The van der Waals surface area contributed by atoms with Crippen LogP contribution in [0.3, 0.4) is 0 Å². The van der Waals surface area contributed by atoms with Crippen molar-refractivity contribution in [2.24, 2.45) is 5.92 Å². The van der Waals surface area contributed by atoms with Gasteiger partial charge in [0.15, 0.2) is 11.6 Å². The number of hydrogen-bond acceptors (Lipinski definition) is 2. The van der Waals surface area contributed by atoms with Gasteiger partial charge in [-0.15, -0.1) is 11.6 Å². The molecule has 0 aromatic heterocycles. The van der Waals surface area contributed by atoms with Crippen LogP contribution in [0.2, 0.25) is 0 Å². The predicted octanol–water partition coefficient (Wildman–Crippen LogP) is 3.19. The maximum Gasteiger partial charge on any atom is 0.169 e. The van der Waals surface area contributed by atoms with Gasteiger partial charge >= 0.3 is 0 Å². The van der Waals surface area contributed by atoms with Gasteiger partial charge in [-0.25, -0.2) is 4.39 Å². The number of methoxy groups -OCH3 is 1. The first-order chi connectivity index (χ1) is 8.06. The van der Waals surface area contributed by atoms with E-state index in [2.05, 4.69) is 19.2 Å². The molecule has 0 aliphatic rings. The smallest absolute Gasteiger partial charge is 0.169 e. The van der Waals surface area contributed by atoms with Gasteiger partial charge < -0.3 is 10.1 Å².